The fourth-order valence-electron chi connectivity index (χ4n) is 3.92. The molecule has 5 rings (SSSR count). The van der Waals surface area contributed by atoms with E-state index in [4.69, 9.17) is 4.74 Å². The quantitative estimate of drug-likeness (QED) is 0.523. The summed E-state index contributed by atoms with van der Waals surface area (Å²) in [6.07, 6.45) is 1.06. The molecule has 0 radical (unpaired) electrons. The van der Waals surface area contributed by atoms with Crippen molar-refractivity contribution in [2.45, 2.75) is 13.0 Å². The van der Waals surface area contributed by atoms with E-state index < -0.39 is 0 Å². The van der Waals surface area contributed by atoms with Crippen LogP contribution in [-0.2, 0) is 13.0 Å². The summed E-state index contributed by atoms with van der Waals surface area (Å²) in [4.78, 5) is 15.4. The van der Waals surface area contributed by atoms with Gasteiger partial charge in [-0.05, 0) is 59.3 Å². The molecule has 0 saturated carbocycles. The lowest BCUT2D eigenvalue weighted by molar-refractivity contribution is 0.417. The van der Waals surface area contributed by atoms with Crippen LogP contribution in [0, 0.1) is 0 Å². The Morgan fingerprint density at radius 1 is 1.11 bits per heavy atom. The van der Waals surface area contributed by atoms with E-state index in [9.17, 15) is 4.79 Å². The number of H-pyrrole nitrogens is 1. The number of hydrogen-bond acceptors (Lipinski definition) is 4. The number of fused-ring (bicyclic) bond motifs is 4. The van der Waals surface area contributed by atoms with Crippen LogP contribution in [0.4, 0.5) is 0 Å². The number of aromatic nitrogens is 1. The van der Waals surface area contributed by atoms with Crippen LogP contribution >= 0.6 is 23.7 Å². The highest BCUT2D eigenvalue weighted by atomic mass is 35.5. The van der Waals surface area contributed by atoms with Gasteiger partial charge in [0.25, 0.3) is 5.56 Å². The number of benzene rings is 2. The molecule has 0 spiro atoms. The zero-order valence-corrected chi connectivity index (χ0v) is 16.4. The monoisotopic (exact) mass is 398 g/mol. The van der Waals surface area contributed by atoms with Crippen molar-refractivity contribution < 1.29 is 4.74 Å². The molecule has 0 fully saturated rings. The first-order chi connectivity index (χ1) is 12.8. The number of hydrogen-bond donors (Lipinski definition) is 2. The number of rotatable bonds is 2. The van der Waals surface area contributed by atoms with Gasteiger partial charge in [0, 0.05) is 28.4 Å². The minimum atomic E-state index is -0.0340. The van der Waals surface area contributed by atoms with Gasteiger partial charge in [-0.1, -0.05) is 12.1 Å². The van der Waals surface area contributed by atoms with Crippen LogP contribution in [0.5, 0.6) is 5.75 Å². The van der Waals surface area contributed by atoms with E-state index in [-0.39, 0.29) is 18.0 Å². The Balaban J connectivity index is 0.00000180. The number of pyridine rings is 1. The number of methoxy groups -OCH3 is 1. The molecule has 0 aliphatic carbocycles. The van der Waals surface area contributed by atoms with Crippen molar-refractivity contribution >= 4 is 44.7 Å². The Kier molecular flexibility index (Phi) is 4.68. The molecular formula is C21H19ClN2O2S. The lowest BCUT2D eigenvalue weighted by Gasteiger charge is -2.19. The number of aromatic amines is 1. The molecule has 0 bridgehead atoms. The van der Waals surface area contributed by atoms with E-state index in [2.05, 4.69) is 28.5 Å². The number of ether oxygens (including phenoxy) is 1. The summed E-state index contributed by atoms with van der Waals surface area (Å²) in [6.45, 7) is 1.92. The maximum Gasteiger partial charge on any atom is 0.266 e. The molecule has 138 valence electrons. The Morgan fingerprint density at radius 2 is 2.00 bits per heavy atom. The minimum absolute atomic E-state index is 0. The molecule has 2 aromatic carbocycles. The first-order valence-corrected chi connectivity index (χ1v) is 9.57. The van der Waals surface area contributed by atoms with Gasteiger partial charge >= 0.3 is 0 Å². The van der Waals surface area contributed by atoms with E-state index in [0.29, 0.717) is 0 Å². The molecule has 1 aliphatic rings. The normalized spacial score (nSPS) is 13.4. The van der Waals surface area contributed by atoms with Gasteiger partial charge in [-0.2, -0.15) is 0 Å². The molecule has 4 nitrogen and oxygen atoms in total. The smallest absolute Gasteiger partial charge is 0.266 e. The molecule has 27 heavy (non-hydrogen) atoms. The Morgan fingerprint density at radius 3 is 2.85 bits per heavy atom. The zero-order chi connectivity index (χ0) is 17.7. The maximum atomic E-state index is 12.4. The van der Waals surface area contributed by atoms with Crippen LogP contribution in [0.15, 0.2) is 46.6 Å². The van der Waals surface area contributed by atoms with Gasteiger partial charge in [-0.3, -0.25) is 4.79 Å². The second-order valence-electron chi connectivity index (χ2n) is 6.59. The second-order valence-corrected chi connectivity index (χ2v) is 7.51. The SMILES string of the molecule is COc1ccc2[nH]c(=O)c3sccc3c2c1-c1ccc2c(c1)CNCC2.Cl. The average molecular weight is 399 g/mol. The van der Waals surface area contributed by atoms with E-state index in [0.717, 1.165) is 57.4 Å². The van der Waals surface area contributed by atoms with Crippen LogP contribution in [0.25, 0.3) is 32.1 Å². The molecule has 0 saturated heterocycles. The van der Waals surface area contributed by atoms with Crippen LogP contribution in [0.1, 0.15) is 11.1 Å². The maximum absolute atomic E-state index is 12.4. The molecule has 2 N–H and O–H groups in total. The van der Waals surface area contributed by atoms with Gasteiger partial charge in [-0.15, -0.1) is 23.7 Å². The van der Waals surface area contributed by atoms with E-state index >= 15 is 0 Å². The highest BCUT2D eigenvalue weighted by molar-refractivity contribution is 7.17. The van der Waals surface area contributed by atoms with Gasteiger partial charge in [0.05, 0.1) is 7.11 Å². The van der Waals surface area contributed by atoms with Crippen LogP contribution < -0.4 is 15.6 Å². The average Bonchev–Trinajstić information content (AvgIpc) is 3.17. The summed E-state index contributed by atoms with van der Waals surface area (Å²) in [5.74, 6) is 0.820. The summed E-state index contributed by atoms with van der Waals surface area (Å²) in [7, 11) is 1.70. The third kappa shape index (κ3) is 2.83. The fourth-order valence-corrected chi connectivity index (χ4v) is 4.72. The largest absolute Gasteiger partial charge is 0.496 e. The van der Waals surface area contributed by atoms with Crippen molar-refractivity contribution in [3.63, 3.8) is 0 Å². The van der Waals surface area contributed by atoms with Crippen molar-refractivity contribution in [2.24, 2.45) is 0 Å². The van der Waals surface area contributed by atoms with Crippen LogP contribution in [-0.4, -0.2) is 18.6 Å². The first kappa shape index (κ1) is 18.0. The first-order valence-electron chi connectivity index (χ1n) is 8.69. The fraction of sp³-hybridized carbons (Fsp3) is 0.190. The number of nitrogens with one attached hydrogen (secondary N) is 2. The third-order valence-corrected chi connectivity index (χ3v) is 6.07. The zero-order valence-electron chi connectivity index (χ0n) is 14.8. The molecule has 0 atom stereocenters. The van der Waals surface area contributed by atoms with Crippen molar-refractivity contribution in [1.82, 2.24) is 10.3 Å². The molecule has 3 heterocycles. The summed E-state index contributed by atoms with van der Waals surface area (Å²) >= 11 is 1.47. The van der Waals surface area contributed by atoms with E-state index in [1.54, 1.807) is 7.11 Å². The number of halogens is 1. The summed E-state index contributed by atoms with van der Waals surface area (Å²) in [5.41, 5.74) is 5.70. The molecule has 6 heteroatoms. The van der Waals surface area contributed by atoms with Crippen LogP contribution in [0.2, 0.25) is 0 Å². The predicted molar refractivity (Wildman–Crippen MR) is 115 cm³/mol. The summed E-state index contributed by atoms with van der Waals surface area (Å²) < 4.78 is 6.46. The van der Waals surface area contributed by atoms with Crippen molar-refractivity contribution in [3.05, 3.63) is 63.3 Å². The standard InChI is InChI=1S/C21H18N2O2S.ClH/c1-25-17-5-4-16-19(15-7-9-26-20(15)21(24)23-16)18(17)13-3-2-12-6-8-22-11-14(12)10-13;/h2-5,7,9-10,22H,6,8,11H2,1H3,(H,23,24);1H. The summed E-state index contributed by atoms with van der Waals surface area (Å²) in [5, 5.41) is 7.44. The molecular weight excluding hydrogens is 380 g/mol. The van der Waals surface area contributed by atoms with Gasteiger partial charge in [0.2, 0.25) is 0 Å². The minimum Gasteiger partial charge on any atom is -0.496 e. The predicted octanol–water partition coefficient (Wildman–Crippen LogP) is 4.49. The van der Waals surface area contributed by atoms with Gasteiger partial charge in [-0.25, -0.2) is 0 Å². The lowest BCUT2D eigenvalue weighted by Crippen LogP contribution is -2.23. The van der Waals surface area contributed by atoms with Crippen molar-refractivity contribution in [2.75, 3.05) is 13.7 Å². The Bertz CT molecular complexity index is 1210. The van der Waals surface area contributed by atoms with E-state index in [1.807, 2.05) is 23.6 Å². The van der Waals surface area contributed by atoms with Gasteiger partial charge in [0.1, 0.15) is 10.4 Å². The van der Waals surface area contributed by atoms with Gasteiger partial charge < -0.3 is 15.0 Å². The topological polar surface area (TPSA) is 54.1 Å². The Hall–Kier alpha value is -2.34. The Labute approximate surface area is 166 Å². The van der Waals surface area contributed by atoms with E-state index in [1.165, 1.54) is 22.5 Å². The summed E-state index contributed by atoms with van der Waals surface area (Å²) in [6, 6.07) is 12.5. The van der Waals surface area contributed by atoms with Crippen molar-refractivity contribution in [3.8, 4) is 16.9 Å². The van der Waals surface area contributed by atoms with Gasteiger partial charge in [0.15, 0.2) is 0 Å². The number of thiophene rings is 1. The van der Waals surface area contributed by atoms with Crippen molar-refractivity contribution in [1.29, 1.82) is 0 Å². The third-order valence-electron chi connectivity index (χ3n) is 5.16. The molecule has 0 amide bonds. The molecule has 0 unspecified atom stereocenters. The molecule has 4 aromatic rings. The highest BCUT2D eigenvalue weighted by Crippen LogP contribution is 2.40. The molecule has 2 aromatic heterocycles. The van der Waals surface area contributed by atoms with Crippen LogP contribution in [0.3, 0.4) is 0 Å². The second kappa shape index (κ2) is 7.00. The lowest BCUT2D eigenvalue weighted by atomic mass is 9.92. The molecule has 1 aliphatic heterocycles. The highest BCUT2D eigenvalue weighted by Gasteiger charge is 2.18.